The van der Waals surface area contributed by atoms with Crippen LogP contribution in [0.15, 0.2) is 36.9 Å². The molecule has 6 nitrogen and oxygen atoms in total. The molecule has 2 aromatic carbocycles. The van der Waals surface area contributed by atoms with Gasteiger partial charge in [0.25, 0.3) is 0 Å². The van der Waals surface area contributed by atoms with Gasteiger partial charge < -0.3 is 14.9 Å². The second kappa shape index (κ2) is 10.1. The summed E-state index contributed by atoms with van der Waals surface area (Å²) in [5.41, 5.74) is -0.592. The molecule has 0 bridgehead atoms. The highest BCUT2D eigenvalue weighted by molar-refractivity contribution is 6.34. The summed E-state index contributed by atoms with van der Waals surface area (Å²) >= 11 is 6.37. The molecular weight excluding hydrogens is 450 g/mol. The molecule has 1 aliphatic heterocycles. The molecule has 0 spiro atoms. The fourth-order valence-corrected chi connectivity index (χ4v) is 4.07. The summed E-state index contributed by atoms with van der Waals surface area (Å²) in [5, 5.41) is 10.4. The van der Waals surface area contributed by atoms with Crippen LogP contribution in [0.4, 0.5) is 14.6 Å². The highest BCUT2D eigenvalue weighted by Gasteiger charge is 2.26. The predicted octanol–water partition coefficient (Wildman–Crippen LogP) is 5.10. The third-order valence-electron chi connectivity index (χ3n) is 5.28. The van der Waals surface area contributed by atoms with E-state index in [1.54, 1.807) is 11.8 Å². The first kappa shape index (κ1) is 24.4. The lowest BCUT2D eigenvalue weighted by atomic mass is 10.0. The minimum absolute atomic E-state index is 0.0193. The molecular formula is C24H25ClF2N4O2. The van der Waals surface area contributed by atoms with Gasteiger partial charge in [0.15, 0.2) is 5.82 Å². The normalized spacial score (nSPS) is 13.5. The van der Waals surface area contributed by atoms with E-state index in [9.17, 15) is 14.3 Å². The van der Waals surface area contributed by atoms with Crippen molar-refractivity contribution in [2.75, 3.05) is 31.1 Å². The maximum absolute atomic E-state index is 15.6. The van der Waals surface area contributed by atoms with Gasteiger partial charge in [0.1, 0.15) is 28.7 Å². The molecule has 3 aromatic rings. The van der Waals surface area contributed by atoms with E-state index < -0.39 is 17.4 Å². The molecule has 33 heavy (non-hydrogen) atoms. The Morgan fingerprint density at radius 1 is 1.15 bits per heavy atom. The second-order valence-corrected chi connectivity index (χ2v) is 7.60. The molecule has 0 radical (unpaired) electrons. The lowest BCUT2D eigenvalue weighted by molar-refractivity contribution is -0.126. The van der Waals surface area contributed by atoms with Crippen LogP contribution in [0.2, 0.25) is 5.02 Å². The van der Waals surface area contributed by atoms with Gasteiger partial charge in [-0.1, -0.05) is 38.1 Å². The van der Waals surface area contributed by atoms with Crippen molar-refractivity contribution in [3.63, 3.8) is 0 Å². The largest absolute Gasteiger partial charge is 0.507 e. The third-order valence-corrected chi connectivity index (χ3v) is 5.58. The van der Waals surface area contributed by atoms with Gasteiger partial charge in [-0.3, -0.25) is 4.79 Å². The van der Waals surface area contributed by atoms with Crippen molar-refractivity contribution in [1.29, 1.82) is 0 Å². The number of aryl methyl sites for hydroxylation is 1. The Morgan fingerprint density at radius 2 is 1.82 bits per heavy atom. The number of anilines is 1. The first-order chi connectivity index (χ1) is 15.8. The Kier molecular flexibility index (Phi) is 7.48. The summed E-state index contributed by atoms with van der Waals surface area (Å²) in [6.45, 7) is 11.0. The number of hydrogen-bond acceptors (Lipinski definition) is 5. The number of rotatable bonds is 3. The summed E-state index contributed by atoms with van der Waals surface area (Å²) in [6, 6.07) is 5.19. The van der Waals surface area contributed by atoms with Crippen molar-refractivity contribution in [2.24, 2.45) is 0 Å². The van der Waals surface area contributed by atoms with Crippen molar-refractivity contribution >= 4 is 34.2 Å². The van der Waals surface area contributed by atoms with E-state index >= 15 is 4.39 Å². The molecule has 1 saturated heterocycles. The maximum atomic E-state index is 15.6. The number of benzene rings is 2. The fourth-order valence-electron chi connectivity index (χ4n) is 3.79. The maximum Gasteiger partial charge on any atom is 0.246 e. The minimum atomic E-state index is -0.838. The summed E-state index contributed by atoms with van der Waals surface area (Å²) < 4.78 is 30.0. The van der Waals surface area contributed by atoms with E-state index in [-0.39, 0.29) is 27.6 Å². The topological polar surface area (TPSA) is 69.6 Å². The SMILES string of the molecule is C=CC(=O)N1CCN(c2nc(C)nc3c(F)c(-c4c(O)cccc4F)c(Cl)cc23)CC1.CC. The van der Waals surface area contributed by atoms with Gasteiger partial charge in [-0.25, -0.2) is 18.7 Å². The molecule has 2 heterocycles. The Labute approximate surface area is 196 Å². The van der Waals surface area contributed by atoms with Crippen LogP contribution in [0.5, 0.6) is 5.75 Å². The molecule has 1 N–H and O–H groups in total. The average Bonchev–Trinajstić information content (AvgIpc) is 2.82. The Morgan fingerprint density at radius 3 is 2.42 bits per heavy atom. The predicted molar refractivity (Wildman–Crippen MR) is 127 cm³/mol. The number of phenols is 1. The number of fused-ring (bicyclic) bond motifs is 1. The smallest absolute Gasteiger partial charge is 0.246 e. The molecule has 1 amide bonds. The van der Waals surface area contributed by atoms with Crippen molar-refractivity contribution in [3.05, 3.63) is 59.4 Å². The number of hydrogen-bond donors (Lipinski definition) is 1. The third kappa shape index (κ3) is 4.61. The van der Waals surface area contributed by atoms with Crippen LogP contribution >= 0.6 is 11.6 Å². The average molecular weight is 475 g/mol. The minimum Gasteiger partial charge on any atom is -0.507 e. The van der Waals surface area contributed by atoms with E-state index in [1.165, 1.54) is 24.3 Å². The zero-order chi connectivity index (χ0) is 24.3. The molecule has 0 atom stereocenters. The Hall–Kier alpha value is -3.26. The molecule has 174 valence electrons. The molecule has 0 aliphatic carbocycles. The van der Waals surface area contributed by atoms with E-state index in [0.717, 1.165) is 6.07 Å². The van der Waals surface area contributed by atoms with Gasteiger partial charge in [0, 0.05) is 37.1 Å². The van der Waals surface area contributed by atoms with Crippen LogP contribution in [-0.4, -0.2) is 52.1 Å². The van der Waals surface area contributed by atoms with Gasteiger partial charge in [0.05, 0.1) is 10.6 Å². The van der Waals surface area contributed by atoms with Crippen LogP contribution in [-0.2, 0) is 4.79 Å². The standard InChI is InChI=1S/C22H19ClF2N4O2.C2H6/c1-3-17(31)28-7-9-29(10-8-28)22-13-11-14(23)18(19-15(24)5-4-6-16(19)30)20(25)21(13)26-12(2)27-22;1-2/h3-6,11,30H,1,7-10H2,2H3;1-2H3. The van der Waals surface area contributed by atoms with Crippen LogP contribution in [0, 0.1) is 18.6 Å². The number of amides is 1. The molecule has 9 heteroatoms. The Balaban J connectivity index is 0.00000149. The molecule has 0 unspecified atom stereocenters. The van der Waals surface area contributed by atoms with Crippen LogP contribution < -0.4 is 4.90 Å². The highest BCUT2D eigenvalue weighted by Crippen LogP contribution is 2.42. The van der Waals surface area contributed by atoms with E-state index in [2.05, 4.69) is 16.5 Å². The van der Waals surface area contributed by atoms with E-state index in [0.29, 0.717) is 43.2 Å². The fraction of sp³-hybridized carbons (Fsp3) is 0.292. The quantitative estimate of drug-likeness (QED) is 0.534. The van der Waals surface area contributed by atoms with E-state index in [1.807, 2.05) is 18.7 Å². The van der Waals surface area contributed by atoms with Gasteiger partial charge in [0.2, 0.25) is 5.91 Å². The second-order valence-electron chi connectivity index (χ2n) is 7.19. The number of phenolic OH excluding ortho intramolecular Hbond substituents is 1. The van der Waals surface area contributed by atoms with E-state index in [4.69, 9.17) is 11.6 Å². The van der Waals surface area contributed by atoms with Crippen molar-refractivity contribution < 1.29 is 18.7 Å². The van der Waals surface area contributed by atoms with Gasteiger partial charge in [-0.05, 0) is 31.2 Å². The summed E-state index contributed by atoms with van der Waals surface area (Å²) in [4.78, 5) is 24.1. The number of halogens is 3. The summed E-state index contributed by atoms with van der Waals surface area (Å²) in [5.74, 6) is -1.39. The molecule has 4 rings (SSSR count). The lowest BCUT2D eigenvalue weighted by Gasteiger charge is -2.35. The molecule has 1 aromatic heterocycles. The first-order valence-electron chi connectivity index (χ1n) is 10.6. The number of piperazine rings is 1. The number of nitrogens with zero attached hydrogens (tertiary/aromatic N) is 4. The zero-order valence-electron chi connectivity index (χ0n) is 18.7. The van der Waals surface area contributed by atoms with Crippen molar-refractivity contribution in [3.8, 4) is 16.9 Å². The molecule has 1 aliphatic rings. The van der Waals surface area contributed by atoms with Gasteiger partial charge >= 0.3 is 0 Å². The number of aromatic hydroxyl groups is 1. The van der Waals surface area contributed by atoms with Crippen LogP contribution in [0.25, 0.3) is 22.0 Å². The van der Waals surface area contributed by atoms with Crippen molar-refractivity contribution in [2.45, 2.75) is 20.8 Å². The number of carbonyl (C=O) groups is 1. The van der Waals surface area contributed by atoms with Crippen LogP contribution in [0.1, 0.15) is 19.7 Å². The van der Waals surface area contributed by atoms with Crippen LogP contribution in [0.3, 0.4) is 0 Å². The van der Waals surface area contributed by atoms with Crippen molar-refractivity contribution in [1.82, 2.24) is 14.9 Å². The molecule has 0 saturated carbocycles. The van der Waals surface area contributed by atoms with Gasteiger partial charge in [-0.15, -0.1) is 0 Å². The summed E-state index contributed by atoms with van der Waals surface area (Å²) in [7, 11) is 0. The number of carbonyl (C=O) groups excluding carboxylic acids is 1. The monoisotopic (exact) mass is 474 g/mol. The highest BCUT2D eigenvalue weighted by atomic mass is 35.5. The van der Waals surface area contributed by atoms with Gasteiger partial charge in [-0.2, -0.15) is 0 Å². The number of aromatic nitrogens is 2. The Bertz CT molecular complexity index is 1190. The summed E-state index contributed by atoms with van der Waals surface area (Å²) in [6.07, 6.45) is 1.27. The molecule has 1 fully saturated rings. The first-order valence-corrected chi connectivity index (χ1v) is 11.0. The zero-order valence-corrected chi connectivity index (χ0v) is 19.5. The lowest BCUT2D eigenvalue weighted by Crippen LogP contribution is -2.48.